The molecule has 1 N–H and O–H groups in total. The fourth-order valence-corrected chi connectivity index (χ4v) is 3.30. The number of carbonyl (C=O) groups excluding carboxylic acids is 2. The van der Waals surface area contributed by atoms with E-state index in [0.717, 1.165) is 5.56 Å². The van der Waals surface area contributed by atoms with Crippen LogP contribution in [0.15, 0.2) is 54.7 Å². The predicted octanol–water partition coefficient (Wildman–Crippen LogP) is 3.84. The first-order chi connectivity index (χ1) is 13.8. The molecule has 2 heterocycles. The molecular weight excluding hydrogens is 370 g/mol. The van der Waals surface area contributed by atoms with E-state index in [9.17, 15) is 9.59 Å². The van der Waals surface area contributed by atoms with E-state index < -0.39 is 23.3 Å². The van der Waals surface area contributed by atoms with Crippen molar-refractivity contribution in [1.82, 2.24) is 15.2 Å². The zero-order valence-electron chi connectivity index (χ0n) is 17.1. The first-order valence-electron chi connectivity index (χ1n) is 9.66. The van der Waals surface area contributed by atoms with Gasteiger partial charge in [0.2, 0.25) is 0 Å². The maximum atomic E-state index is 12.6. The Morgan fingerprint density at radius 1 is 1.14 bits per heavy atom. The van der Waals surface area contributed by atoms with Gasteiger partial charge in [-0.25, -0.2) is 9.59 Å². The summed E-state index contributed by atoms with van der Waals surface area (Å²) >= 11 is 0. The fraction of sp³-hybridized carbons (Fsp3) is 0.409. The molecule has 1 atom stereocenters. The Kier molecular flexibility index (Phi) is 6.06. The number of nitrogens with one attached hydrogen (secondary N) is 1. The zero-order chi connectivity index (χ0) is 20.9. The highest BCUT2D eigenvalue weighted by molar-refractivity contribution is 5.71. The van der Waals surface area contributed by atoms with Crippen LogP contribution in [0.3, 0.4) is 0 Å². The molecule has 154 valence electrons. The van der Waals surface area contributed by atoms with Crippen molar-refractivity contribution in [3.63, 3.8) is 0 Å². The summed E-state index contributed by atoms with van der Waals surface area (Å²) < 4.78 is 10.9. The minimum Gasteiger partial charge on any atom is -0.445 e. The summed E-state index contributed by atoms with van der Waals surface area (Å²) in [6.45, 7) is 6.33. The number of hydrogen-bond acceptors (Lipinski definition) is 5. The summed E-state index contributed by atoms with van der Waals surface area (Å²) in [7, 11) is 0. The van der Waals surface area contributed by atoms with Gasteiger partial charge in [0.05, 0.1) is 12.2 Å². The van der Waals surface area contributed by atoms with E-state index in [1.165, 1.54) is 0 Å². The number of hydrogen-bond donors (Lipinski definition) is 1. The second-order valence-corrected chi connectivity index (χ2v) is 8.14. The molecule has 3 rings (SSSR count). The number of amides is 2. The number of benzene rings is 1. The molecule has 1 aromatic carbocycles. The second-order valence-electron chi connectivity index (χ2n) is 8.14. The van der Waals surface area contributed by atoms with Crippen LogP contribution in [0.2, 0.25) is 0 Å². The number of nitrogens with zero attached hydrogens (tertiary/aromatic N) is 2. The van der Waals surface area contributed by atoms with Crippen molar-refractivity contribution < 1.29 is 19.1 Å². The number of carbonyl (C=O) groups is 2. The molecule has 0 radical (unpaired) electrons. The normalized spacial score (nSPS) is 18.9. The van der Waals surface area contributed by atoms with Crippen LogP contribution >= 0.6 is 0 Å². The number of ether oxygens (including phenoxy) is 2. The highest BCUT2D eigenvalue weighted by Crippen LogP contribution is 2.32. The van der Waals surface area contributed by atoms with Gasteiger partial charge in [0.15, 0.2) is 0 Å². The molecular formula is C22H27N3O4. The Bertz CT molecular complexity index is 836. The van der Waals surface area contributed by atoms with Crippen LogP contribution in [0.4, 0.5) is 9.59 Å². The highest BCUT2D eigenvalue weighted by atomic mass is 16.6. The van der Waals surface area contributed by atoms with E-state index in [1.807, 2.05) is 69.3 Å². The first kappa shape index (κ1) is 20.6. The van der Waals surface area contributed by atoms with Crippen molar-refractivity contribution in [3.05, 3.63) is 66.0 Å². The molecule has 2 amide bonds. The third-order valence-corrected chi connectivity index (χ3v) is 4.63. The maximum absolute atomic E-state index is 12.6. The van der Waals surface area contributed by atoms with Crippen LogP contribution in [0.25, 0.3) is 0 Å². The minimum atomic E-state index is -0.824. The van der Waals surface area contributed by atoms with E-state index in [0.29, 0.717) is 18.7 Å². The van der Waals surface area contributed by atoms with Crippen LogP contribution < -0.4 is 5.32 Å². The molecule has 1 aliphatic rings. The average Bonchev–Trinajstić information content (AvgIpc) is 3.11. The molecule has 1 aliphatic heterocycles. The largest absolute Gasteiger partial charge is 0.445 e. The molecule has 7 nitrogen and oxygen atoms in total. The molecule has 0 saturated carbocycles. The van der Waals surface area contributed by atoms with Crippen molar-refractivity contribution in [3.8, 4) is 0 Å². The molecule has 2 aromatic rings. The highest BCUT2D eigenvalue weighted by Gasteiger charge is 2.45. The number of aromatic nitrogens is 1. The SMILES string of the molecule is CC(C)(C)OC(=O)NC1(c2ccccn2)CCN(C(=O)OCc2ccccc2)C1. The summed E-state index contributed by atoms with van der Waals surface area (Å²) in [4.78, 5) is 31.1. The molecule has 29 heavy (non-hydrogen) atoms. The lowest BCUT2D eigenvalue weighted by molar-refractivity contribution is 0.0446. The fourth-order valence-electron chi connectivity index (χ4n) is 3.30. The van der Waals surface area contributed by atoms with Crippen LogP contribution in [-0.4, -0.2) is 40.8 Å². The summed E-state index contributed by atoms with van der Waals surface area (Å²) in [6, 6.07) is 15.0. The van der Waals surface area contributed by atoms with Crippen LogP contribution in [0, 0.1) is 0 Å². The lowest BCUT2D eigenvalue weighted by Gasteiger charge is -2.31. The molecule has 1 fully saturated rings. The maximum Gasteiger partial charge on any atom is 0.410 e. The van der Waals surface area contributed by atoms with Crippen LogP contribution in [-0.2, 0) is 21.6 Å². The molecule has 1 saturated heterocycles. The molecule has 1 unspecified atom stereocenters. The van der Waals surface area contributed by atoms with E-state index >= 15 is 0 Å². The van der Waals surface area contributed by atoms with Gasteiger partial charge in [0.25, 0.3) is 0 Å². The van der Waals surface area contributed by atoms with Crippen molar-refractivity contribution in [2.24, 2.45) is 0 Å². The number of rotatable bonds is 4. The van der Waals surface area contributed by atoms with Crippen LogP contribution in [0.1, 0.15) is 38.4 Å². The lowest BCUT2D eigenvalue weighted by Crippen LogP contribution is -2.50. The van der Waals surface area contributed by atoms with E-state index in [4.69, 9.17) is 9.47 Å². The zero-order valence-corrected chi connectivity index (χ0v) is 17.1. The van der Waals surface area contributed by atoms with Gasteiger partial charge >= 0.3 is 12.2 Å². The standard InChI is InChI=1S/C22H27N3O4/c1-21(2,3)29-19(26)24-22(18-11-7-8-13-23-18)12-14-25(16-22)20(27)28-15-17-9-5-4-6-10-17/h4-11,13H,12,14-16H2,1-3H3,(H,24,26). The Balaban J connectivity index is 1.71. The topological polar surface area (TPSA) is 80.8 Å². The van der Waals surface area contributed by atoms with Crippen LogP contribution in [0.5, 0.6) is 0 Å². The minimum absolute atomic E-state index is 0.201. The van der Waals surface area contributed by atoms with Crippen molar-refractivity contribution >= 4 is 12.2 Å². The van der Waals surface area contributed by atoms with Gasteiger partial charge in [-0.3, -0.25) is 4.98 Å². The Hall–Kier alpha value is -3.09. The third-order valence-electron chi connectivity index (χ3n) is 4.63. The first-order valence-corrected chi connectivity index (χ1v) is 9.66. The number of alkyl carbamates (subject to hydrolysis) is 1. The predicted molar refractivity (Wildman–Crippen MR) is 108 cm³/mol. The molecule has 0 aliphatic carbocycles. The van der Waals surface area contributed by atoms with Crippen molar-refractivity contribution in [1.29, 1.82) is 0 Å². The smallest absolute Gasteiger partial charge is 0.410 e. The third kappa shape index (κ3) is 5.47. The summed E-state index contributed by atoms with van der Waals surface area (Å²) in [6.07, 6.45) is 1.23. The van der Waals surface area contributed by atoms with Gasteiger partial charge in [-0.05, 0) is 44.9 Å². The van der Waals surface area contributed by atoms with E-state index in [-0.39, 0.29) is 13.2 Å². The average molecular weight is 397 g/mol. The van der Waals surface area contributed by atoms with Gasteiger partial charge in [0, 0.05) is 12.7 Å². The molecule has 0 bridgehead atoms. The van der Waals surface area contributed by atoms with Gasteiger partial charge in [-0.1, -0.05) is 36.4 Å². The summed E-state index contributed by atoms with van der Waals surface area (Å²) in [5.74, 6) is 0. The molecule has 0 spiro atoms. The summed E-state index contributed by atoms with van der Waals surface area (Å²) in [5, 5.41) is 2.95. The summed E-state index contributed by atoms with van der Waals surface area (Å²) in [5.41, 5.74) is 0.157. The monoisotopic (exact) mass is 397 g/mol. The molecule has 7 heteroatoms. The van der Waals surface area contributed by atoms with Crippen molar-refractivity contribution in [2.75, 3.05) is 13.1 Å². The number of likely N-dealkylation sites (tertiary alicyclic amines) is 1. The Morgan fingerprint density at radius 2 is 1.86 bits per heavy atom. The number of pyridine rings is 1. The molecule has 1 aromatic heterocycles. The van der Waals surface area contributed by atoms with Gasteiger partial charge in [0.1, 0.15) is 17.7 Å². The lowest BCUT2D eigenvalue weighted by atomic mass is 9.93. The van der Waals surface area contributed by atoms with Gasteiger partial charge < -0.3 is 19.7 Å². The van der Waals surface area contributed by atoms with Gasteiger partial charge in [-0.2, -0.15) is 0 Å². The quantitative estimate of drug-likeness (QED) is 0.848. The second kappa shape index (κ2) is 8.51. The Morgan fingerprint density at radius 3 is 2.52 bits per heavy atom. The Labute approximate surface area is 171 Å². The van der Waals surface area contributed by atoms with E-state index in [1.54, 1.807) is 11.1 Å². The van der Waals surface area contributed by atoms with E-state index in [2.05, 4.69) is 10.3 Å². The van der Waals surface area contributed by atoms with Gasteiger partial charge in [-0.15, -0.1) is 0 Å². The van der Waals surface area contributed by atoms with Crippen molar-refractivity contribution in [2.45, 2.75) is 44.9 Å².